The highest BCUT2D eigenvalue weighted by Gasteiger charge is 2.53. The molecule has 10 nitrogen and oxygen atoms in total. The van der Waals surface area contributed by atoms with Gasteiger partial charge in [-0.2, -0.15) is 0 Å². The SMILES string of the molecule is CC(=O)O[C@@H]1[C@@H](OC(C)=O)[C@H](C)O[C@@H](O[P+](=O)O)[C@@H]1OC(C)=O. The first-order valence-corrected chi connectivity index (χ1v) is 7.75. The zero-order valence-corrected chi connectivity index (χ0v) is 13.8. The fourth-order valence-corrected chi connectivity index (χ4v) is 2.49. The quantitative estimate of drug-likeness (QED) is 0.414. The van der Waals surface area contributed by atoms with Crippen LogP contribution in [0.2, 0.25) is 0 Å². The smallest absolute Gasteiger partial charge is 0.456 e. The van der Waals surface area contributed by atoms with Crippen LogP contribution in [0.3, 0.4) is 0 Å². The molecule has 11 heteroatoms. The molecule has 1 N–H and O–H groups in total. The number of carbonyl (C=O) groups excluding carboxylic acids is 3. The van der Waals surface area contributed by atoms with Crippen molar-refractivity contribution in [2.75, 3.05) is 0 Å². The van der Waals surface area contributed by atoms with Crippen molar-refractivity contribution < 1.29 is 47.3 Å². The fraction of sp³-hybridized carbons (Fsp3) is 0.750. The van der Waals surface area contributed by atoms with Crippen LogP contribution < -0.4 is 0 Å². The second-order valence-corrected chi connectivity index (χ2v) is 5.46. The van der Waals surface area contributed by atoms with Gasteiger partial charge >= 0.3 is 26.2 Å². The second-order valence-electron chi connectivity index (χ2n) is 4.77. The second kappa shape index (κ2) is 8.30. The Bertz CT molecular complexity index is 492. The molecule has 1 aliphatic rings. The Balaban J connectivity index is 3.15. The van der Waals surface area contributed by atoms with Crippen LogP contribution in [0.25, 0.3) is 0 Å². The summed E-state index contributed by atoms with van der Waals surface area (Å²) in [6.45, 7) is 4.82. The van der Waals surface area contributed by atoms with Crippen LogP contribution in [-0.4, -0.2) is 53.5 Å². The fourth-order valence-electron chi connectivity index (χ4n) is 2.14. The highest BCUT2D eigenvalue weighted by Crippen LogP contribution is 2.33. The maximum Gasteiger partial charge on any atom is 0.697 e. The van der Waals surface area contributed by atoms with Gasteiger partial charge in [0.2, 0.25) is 0 Å². The van der Waals surface area contributed by atoms with Gasteiger partial charge in [-0.25, -0.2) is 0 Å². The summed E-state index contributed by atoms with van der Waals surface area (Å²) >= 11 is 0. The number of esters is 3. The van der Waals surface area contributed by atoms with Crippen molar-refractivity contribution in [3.63, 3.8) is 0 Å². The molecule has 1 unspecified atom stereocenters. The Morgan fingerprint density at radius 1 is 0.913 bits per heavy atom. The predicted molar refractivity (Wildman–Crippen MR) is 71.9 cm³/mol. The lowest BCUT2D eigenvalue weighted by Gasteiger charge is -2.41. The largest absolute Gasteiger partial charge is 0.697 e. The first kappa shape index (κ1) is 19.4. The van der Waals surface area contributed by atoms with Crippen molar-refractivity contribution in [3.05, 3.63) is 0 Å². The molecular weight excluding hydrogens is 335 g/mol. The monoisotopic (exact) mass is 353 g/mol. The van der Waals surface area contributed by atoms with E-state index in [1.807, 2.05) is 0 Å². The van der Waals surface area contributed by atoms with E-state index in [0.29, 0.717) is 0 Å². The summed E-state index contributed by atoms with van der Waals surface area (Å²) < 4.78 is 36.0. The van der Waals surface area contributed by atoms with Gasteiger partial charge < -0.3 is 18.9 Å². The summed E-state index contributed by atoms with van der Waals surface area (Å²) in [6.07, 6.45) is -6.06. The number of carbonyl (C=O) groups is 3. The van der Waals surface area contributed by atoms with Crippen molar-refractivity contribution >= 4 is 26.2 Å². The van der Waals surface area contributed by atoms with Gasteiger partial charge in [0.15, 0.2) is 18.3 Å². The van der Waals surface area contributed by atoms with Crippen molar-refractivity contribution in [3.8, 4) is 0 Å². The molecule has 1 fully saturated rings. The van der Waals surface area contributed by atoms with E-state index in [1.165, 1.54) is 6.92 Å². The molecule has 1 aliphatic heterocycles. The molecule has 0 saturated carbocycles. The van der Waals surface area contributed by atoms with Crippen LogP contribution in [0, 0.1) is 0 Å². The highest BCUT2D eigenvalue weighted by molar-refractivity contribution is 7.32. The standard InChI is InChI=1S/C12H17O10P/c1-5-9(19-6(2)13)10(20-7(3)14)11(21-8(4)15)12(18-5)22-23(16)17/h5,9-12H,1-4H3/p+1/t5-,9-,10+,11+,12-/m0/s1. The minimum atomic E-state index is -3.08. The minimum absolute atomic E-state index is 0.670. The van der Waals surface area contributed by atoms with E-state index < -0.39 is 56.9 Å². The van der Waals surface area contributed by atoms with E-state index in [9.17, 15) is 18.9 Å². The van der Waals surface area contributed by atoms with E-state index in [0.717, 1.165) is 20.8 Å². The van der Waals surface area contributed by atoms with Crippen LogP contribution in [-0.2, 0) is 42.4 Å². The summed E-state index contributed by atoms with van der Waals surface area (Å²) in [4.78, 5) is 42.7. The summed E-state index contributed by atoms with van der Waals surface area (Å²) in [6, 6.07) is 0. The summed E-state index contributed by atoms with van der Waals surface area (Å²) in [5, 5.41) is 0. The van der Waals surface area contributed by atoms with Gasteiger partial charge in [-0.3, -0.25) is 14.4 Å². The summed E-state index contributed by atoms with van der Waals surface area (Å²) in [5.41, 5.74) is 0. The molecule has 0 amide bonds. The first-order chi connectivity index (χ1) is 10.6. The molecule has 1 heterocycles. The maximum absolute atomic E-state index is 11.3. The number of rotatable bonds is 5. The van der Waals surface area contributed by atoms with E-state index in [-0.39, 0.29) is 0 Å². The summed E-state index contributed by atoms with van der Waals surface area (Å²) in [5.74, 6) is -2.17. The Hall–Kier alpha value is -1.61. The van der Waals surface area contributed by atoms with Crippen molar-refractivity contribution in [2.45, 2.75) is 58.4 Å². The van der Waals surface area contributed by atoms with Crippen LogP contribution >= 0.6 is 8.25 Å². The van der Waals surface area contributed by atoms with Crippen molar-refractivity contribution in [1.82, 2.24) is 0 Å². The molecular formula is C12H18O10P+. The topological polar surface area (TPSA) is 135 Å². The predicted octanol–water partition coefficient (Wildman–Crippen LogP) is 0.193. The minimum Gasteiger partial charge on any atom is -0.456 e. The number of hydrogen-bond donors (Lipinski definition) is 1. The average Bonchev–Trinajstić information content (AvgIpc) is 2.36. The van der Waals surface area contributed by atoms with Gasteiger partial charge in [0.25, 0.3) is 6.29 Å². The van der Waals surface area contributed by atoms with Crippen LogP contribution in [0.15, 0.2) is 0 Å². The molecule has 6 atom stereocenters. The molecule has 1 rings (SSSR count). The van der Waals surface area contributed by atoms with Gasteiger partial charge in [0, 0.05) is 25.3 Å². The molecule has 0 aromatic carbocycles. The molecule has 0 aromatic heterocycles. The lowest BCUT2D eigenvalue weighted by molar-refractivity contribution is -0.280. The third-order valence-electron chi connectivity index (χ3n) is 2.83. The van der Waals surface area contributed by atoms with E-state index in [2.05, 4.69) is 4.52 Å². The van der Waals surface area contributed by atoms with Crippen LogP contribution in [0.5, 0.6) is 0 Å². The van der Waals surface area contributed by atoms with Gasteiger partial charge in [0.05, 0.1) is 6.10 Å². The Morgan fingerprint density at radius 2 is 1.35 bits per heavy atom. The normalized spacial score (nSPS) is 31.0. The average molecular weight is 353 g/mol. The lowest BCUT2D eigenvalue weighted by atomic mass is 9.99. The molecule has 0 aliphatic carbocycles. The van der Waals surface area contributed by atoms with Crippen molar-refractivity contribution in [1.29, 1.82) is 0 Å². The van der Waals surface area contributed by atoms with E-state index in [1.54, 1.807) is 0 Å². The molecule has 0 bridgehead atoms. The molecule has 0 spiro atoms. The highest BCUT2D eigenvalue weighted by atomic mass is 31.1. The third-order valence-corrected chi connectivity index (χ3v) is 3.22. The molecule has 1 saturated heterocycles. The third kappa shape index (κ3) is 5.83. The molecule has 130 valence electrons. The molecule has 23 heavy (non-hydrogen) atoms. The summed E-state index contributed by atoms with van der Waals surface area (Å²) in [7, 11) is -3.08. The van der Waals surface area contributed by atoms with Gasteiger partial charge in [-0.1, -0.05) is 4.52 Å². The van der Waals surface area contributed by atoms with Gasteiger partial charge in [0.1, 0.15) is 0 Å². The van der Waals surface area contributed by atoms with E-state index in [4.69, 9.17) is 23.8 Å². The lowest BCUT2D eigenvalue weighted by Crippen LogP contribution is -2.60. The zero-order chi connectivity index (χ0) is 17.7. The first-order valence-electron chi connectivity index (χ1n) is 6.61. The van der Waals surface area contributed by atoms with Crippen LogP contribution in [0.4, 0.5) is 0 Å². The van der Waals surface area contributed by atoms with Crippen molar-refractivity contribution in [2.24, 2.45) is 0 Å². The van der Waals surface area contributed by atoms with Crippen LogP contribution in [0.1, 0.15) is 27.7 Å². The van der Waals surface area contributed by atoms with E-state index >= 15 is 0 Å². The molecule has 0 radical (unpaired) electrons. The van der Waals surface area contributed by atoms with Gasteiger partial charge in [-0.05, 0) is 6.92 Å². The van der Waals surface area contributed by atoms with Gasteiger partial charge in [-0.15, -0.1) is 4.89 Å². The Labute approximate surface area is 132 Å². The zero-order valence-electron chi connectivity index (χ0n) is 13.0. The number of hydrogen-bond acceptors (Lipinski definition) is 9. The molecule has 0 aromatic rings. The maximum atomic E-state index is 11.3. The number of ether oxygens (including phenoxy) is 4. The Kier molecular flexibility index (Phi) is 7.01. The Morgan fingerprint density at radius 3 is 1.78 bits per heavy atom.